The van der Waals surface area contributed by atoms with Crippen LogP contribution in [0.15, 0.2) is 48.5 Å². The average Bonchev–Trinajstić information content (AvgIpc) is 2.51. The number of nitrogens with one attached hydrogen (secondary N) is 1. The van der Waals surface area contributed by atoms with Gasteiger partial charge >= 0.3 is 0 Å². The summed E-state index contributed by atoms with van der Waals surface area (Å²) in [6.45, 7) is 2.69. The second-order valence-electron chi connectivity index (χ2n) is 4.73. The van der Waals surface area contributed by atoms with Crippen molar-refractivity contribution in [2.24, 2.45) is 0 Å². The first kappa shape index (κ1) is 15.5. The molecule has 4 heteroatoms. The smallest absolute Gasteiger partial charge is 0.123 e. The van der Waals surface area contributed by atoms with Crippen LogP contribution in [0.4, 0.5) is 4.39 Å². The van der Waals surface area contributed by atoms with E-state index in [0.29, 0.717) is 13.2 Å². The summed E-state index contributed by atoms with van der Waals surface area (Å²) in [6.07, 6.45) is 0. The van der Waals surface area contributed by atoms with Crippen LogP contribution in [0, 0.1) is 5.82 Å². The van der Waals surface area contributed by atoms with Gasteiger partial charge in [-0.15, -0.1) is 0 Å². The fourth-order valence-electron chi connectivity index (χ4n) is 1.90. The molecule has 0 aromatic heterocycles. The van der Waals surface area contributed by atoms with Crippen LogP contribution in [-0.4, -0.2) is 20.3 Å². The lowest BCUT2D eigenvalue weighted by Gasteiger charge is -2.08. The number of benzene rings is 2. The van der Waals surface area contributed by atoms with Gasteiger partial charge in [-0.1, -0.05) is 24.3 Å². The first-order chi connectivity index (χ1) is 10.3. The molecule has 0 saturated heterocycles. The minimum Gasteiger partial charge on any atom is -0.489 e. The molecule has 112 valence electrons. The van der Waals surface area contributed by atoms with Crippen LogP contribution in [0.25, 0.3) is 0 Å². The van der Waals surface area contributed by atoms with E-state index in [9.17, 15) is 4.39 Å². The van der Waals surface area contributed by atoms with Gasteiger partial charge in [0.2, 0.25) is 0 Å². The molecule has 2 aromatic carbocycles. The average molecular weight is 289 g/mol. The molecule has 0 unspecified atom stereocenters. The van der Waals surface area contributed by atoms with E-state index >= 15 is 0 Å². The summed E-state index contributed by atoms with van der Waals surface area (Å²) in [7, 11) is 1.69. The topological polar surface area (TPSA) is 30.5 Å². The Kier molecular flexibility index (Phi) is 6.19. The third kappa shape index (κ3) is 5.53. The molecular weight excluding hydrogens is 269 g/mol. The predicted octanol–water partition coefficient (Wildman–Crippen LogP) is 3.14. The standard InChI is InChI=1S/C17H20FNO2/c1-20-10-9-19-12-14-5-7-17(8-6-14)21-13-15-3-2-4-16(18)11-15/h2-8,11,19H,9-10,12-13H2,1H3. The van der Waals surface area contributed by atoms with Crippen molar-refractivity contribution in [3.05, 3.63) is 65.5 Å². The monoisotopic (exact) mass is 289 g/mol. The van der Waals surface area contributed by atoms with E-state index in [1.54, 1.807) is 13.2 Å². The lowest BCUT2D eigenvalue weighted by molar-refractivity contribution is 0.199. The van der Waals surface area contributed by atoms with Crippen LogP contribution in [0.3, 0.4) is 0 Å². The van der Waals surface area contributed by atoms with E-state index < -0.39 is 0 Å². The van der Waals surface area contributed by atoms with Gasteiger partial charge in [-0.05, 0) is 35.4 Å². The van der Waals surface area contributed by atoms with Crippen molar-refractivity contribution in [1.82, 2.24) is 5.32 Å². The van der Waals surface area contributed by atoms with Crippen molar-refractivity contribution >= 4 is 0 Å². The summed E-state index contributed by atoms with van der Waals surface area (Å²) in [5, 5.41) is 3.28. The molecule has 0 heterocycles. The predicted molar refractivity (Wildman–Crippen MR) is 80.8 cm³/mol. The quantitative estimate of drug-likeness (QED) is 0.757. The minimum absolute atomic E-state index is 0.242. The van der Waals surface area contributed by atoms with Gasteiger partial charge in [0, 0.05) is 20.2 Å². The Labute approximate surface area is 124 Å². The van der Waals surface area contributed by atoms with Crippen LogP contribution in [-0.2, 0) is 17.9 Å². The zero-order chi connectivity index (χ0) is 14.9. The number of methoxy groups -OCH3 is 1. The van der Waals surface area contributed by atoms with E-state index in [2.05, 4.69) is 5.32 Å². The second-order valence-corrected chi connectivity index (χ2v) is 4.73. The third-order valence-electron chi connectivity index (χ3n) is 3.03. The zero-order valence-corrected chi connectivity index (χ0v) is 12.1. The fourth-order valence-corrected chi connectivity index (χ4v) is 1.90. The summed E-state index contributed by atoms with van der Waals surface area (Å²) in [6, 6.07) is 14.3. The molecule has 0 amide bonds. The summed E-state index contributed by atoms with van der Waals surface area (Å²) < 4.78 is 23.7. The number of hydrogen-bond donors (Lipinski definition) is 1. The summed E-state index contributed by atoms with van der Waals surface area (Å²) in [5.74, 6) is 0.536. The Bertz CT molecular complexity index is 543. The lowest BCUT2D eigenvalue weighted by Crippen LogP contribution is -2.18. The molecule has 0 radical (unpaired) electrons. The highest BCUT2D eigenvalue weighted by Crippen LogP contribution is 2.14. The SMILES string of the molecule is COCCNCc1ccc(OCc2cccc(F)c2)cc1. The Morgan fingerprint density at radius 1 is 1.05 bits per heavy atom. The summed E-state index contributed by atoms with van der Waals surface area (Å²) in [5.41, 5.74) is 2.00. The van der Waals surface area contributed by atoms with Crippen molar-refractivity contribution in [2.75, 3.05) is 20.3 Å². The molecule has 0 atom stereocenters. The summed E-state index contributed by atoms with van der Waals surface area (Å²) >= 11 is 0. The molecule has 0 bridgehead atoms. The normalized spacial score (nSPS) is 10.6. The van der Waals surface area contributed by atoms with Crippen molar-refractivity contribution < 1.29 is 13.9 Å². The Balaban J connectivity index is 1.79. The van der Waals surface area contributed by atoms with Gasteiger partial charge in [-0.2, -0.15) is 0 Å². The maximum Gasteiger partial charge on any atom is 0.123 e. The fraction of sp³-hybridized carbons (Fsp3) is 0.294. The molecule has 0 saturated carbocycles. The molecule has 0 fully saturated rings. The molecule has 0 aliphatic rings. The van der Waals surface area contributed by atoms with E-state index in [1.807, 2.05) is 30.3 Å². The van der Waals surface area contributed by atoms with Crippen LogP contribution in [0.1, 0.15) is 11.1 Å². The lowest BCUT2D eigenvalue weighted by atomic mass is 10.2. The van der Waals surface area contributed by atoms with Gasteiger partial charge in [0.15, 0.2) is 0 Å². The van der Waals surface area contributed by atoms with Crippen LogP contribution < -0.4 is 10.1 Å². The van der Waals surface area contributed by atoms with Crippen LogP contribution in [0.2, 0.25) is 0 Å². The number of ether oxygens (including phenoxy) is 2. The molecule has 2 aromatic rings. The van der Waals surface area contributed by atoms with Crippen molar-refractivity contribution in [3.63, 3.8) is 0 Å². The molecule has 21 heavy (non-hydrogen) atoms. The Morgan fingerprint density at radius 3 is 2.57 bits per heavy atom. The highest BCUT2D eigenvalue weighted by Gasteiger charge is 1.99. The number of hydrogen-bond acceptors (Lipinski definition) is 3. The van der Waals surface area contributed by atoms with Gasteiger partial charge in [0.25, 0.3) is 0 Å². The Morgan fingerprint density at radius 2 is 1.86 bits per heavy atom. The molecule has 0 aliphatic carbocycles. The van der Waals surface area contributed by atoms with E-state index in [-0.39, 0.29) is 5.82 Å². The molecule has 2 rings (SSSR count). The van der Waals surface area contributed by atoms with Crippen LogP contribution >= 0.6 is 0 Å². The molecule has 0 spiro atoms. The third-order valence-corrected chi connectivity index (χ3v) is 3.03. The van der Waals surface area contributed by atoms with Crippen molar-refractivity contribution in [1.29, 1.82) is 0 Å². The van der Waals surface area contributed by atoms with Crippen molar-refractivity contribution in [2.45, 2.75) is 13.2 Å². The highest BCUT2D eigenvalue weighted by atomic mass is 19.1. The largest absolute Gasteiger partial charge is 0.489 e. The molecule has 3 nitrogen and oxygen atoms in total. The van der Waals surface area contributed by atoms with Gasteiger partial charge in [-0.3, -0.25) is 0 Å². The Hall–Kier alpha value is -1.91. The molecule has 0 aliphatic heterocycles. The molecular formula is C17H20FNO2. The second kappa shape index (κ2) is 8.39. The van der Waals surface area contributed by atoms with Gasteiger partial charge in [0.05, 0.1) is 6.61 Å². The van der Waals surface area contributed by atoms with Gasteiger partial charge < -0.3 is 14.8 Å². The highest BCUT2D eigenvalue weighted by molar-refractivity contribution is 5.27. The van der Waals surface area contributed by atoms with E-state index in [0.717, 1.165) is 24.4 Å². The minimum atomic E-state index is -0.242. The van der Waals surface area contributed by atoms with Gasteiger partial charge in [0.1, 0.15) is 18.2 Å². The zero-order valence-electron chi connectivity index (χ0n) is 12.1. The maximum absolute atomic E-state index is 13.0. The van der Waals surface area contributed by atoms with E-state index in [4.69, 9.17) is 9.47 Å². The molecule has 1 N–H and O–H groups in total. The van der Waals surface area contributed by atoms with Crippen molar-refractivity contribution in [3.8, 4) is 5.75 Å². The number of rotatable bonds is 8. The first-order valence-corrected chi connectivity index (χ1v) is 6.94. The van der Waals surface area contributed by atoms with Crippen LogP contribution in [0.5, 0.6) is 5.75 Å². The van der Waals surface area contributed by atoms with E-state index in [1.165, 1.54) is 17.7 Å². The summed E-state index contributed by atoms with van der Waals surface area (Å²) in [4.78, 5) is 0. The number of halogens is 1. The van der Waals surface area contributed by atoms with Gasteiger partial charge in [-0.25, -0.2) is 4.39 Å². The maximum atomic E-state index is 13.0. The first-order valence-electron chi connectivity index (χ1n) is 6.94.